The second-order valence-electron chi connectivity index (χ2n) is 3.53. The summed E-state index contributed by atoms with van der Waals surface area (Å²) in [5, 5.41) is 0.199. The third-order valence-corrected chi connectivity index (χ3v) is 4.47. The maximum Gasteiger partial charge on any atom is 0.326 e. The van der Waals surface area contributed by atoms with Crippen molar-refractivity contribution in [3.8, 4) is 0 Å². The van der Waals surface area contributed by atoms with Crippen molar-refractivity contribution in [3.63, 3.8) is 0 Å². The zero-order chi connectivity index (χ0) is 13.5. The summed E-state index contributed by atoms with van der Waals surface area (Å²) >= 11 is 5.69. The van der Waals surface area contributed by atoms with Gasteiger partial charge in [0.25, 0.3) is 15.9 Å². The second-order valence-corrected chi connectivity index (χ2v) is 5.80. The van der Waals surface area contributed by atoms with Crippen molar-refractivity contribution >= 4 is 33.5 Å². The highest BCUT2D eigenvalue weighted by molar-refractivity contribution is 7.90. The van der Waals surface area contributed by atoms with Crippen molar-refractivity contribution in [2.75, 3.05) is 13.7 Å². The fraction of sp³-hybridized carbons (Fsp3) is 0.200. The summed E-state index contributed by atoms with van der Waals surface area (Å²) < 4.78 is 28.9. The molecule has 1 aromatic carbocycles. The number of carbonyl (C=O) groups is 2. The Morgan fingerprint density at radius 2 is 2.11 bits per heavy atom. The lowest BCUT2D eigenvalue weighted by Gasteiger charge is -2.12. The summed E-state index contributed by atoms with van der Waals surface area (Å²) in [4.78, 5) is 22.8. The molecule has 0 fully saturated rings. The molecule has 0 N–H and O–H groups in total. The average Bonchev–Trinajstić information content (AvgIpc) is 2.50. The summed E-state index contributed by atoms with van der Waals surface area (Å²) in [6.45, 7) is -0.649. The van der Waals surface area contributed by atoms with E-state index in [1.165, 1.54) is 18.2 Å². The van der Waals surface area contributed by atoms with Gasteiger partial charge in [-0.05, 0) is 18.2 Å². The number of amides is 1. The van der Waals surface area contributed by atoms with Gasteiger partial charge in [-0.1, -0.05) is 11.6 Å². The van der Waals surface area contributed by atoms with Crippen LogP contribution < -0.4 is 0 Å². The quantitative estimate of drug-likeness (QED) is 0.747. The molecule has 0 spiro atoms. The molecule has 0 atom stereocenters. The summed E-state index contributed by atoms with van der Waals surface area (Å²) in [5.74, 6) is -1.57. The summed E-state index contributed by atoms with van der Waals surface area (Å²) in [7, 11) is -2.91. The van der Waals surface area contributed by atoms with Crippen molar-refractivity contribution in [1.29, 1.82) is 0 Å². The molecule has 1 heterocycles. The number of benzene rings is 1. The zero-order valence-electron chi connectivity index (χ0n) is 9.21. The Morgan fingerprint density at radius 1 is 1.44 bits per heavy atom. The van der Waals surface area contributed by atoms with E-state index in [4.69, 9.17) is 11.6 Å². The molecule has 1 aromatic rings. The Morgan fingerprint density at radius 3 is 2.72 bits per heavy atom. The molecule has 0 radical (unpaired) electrons. The number of methoxy groups -OCH3 is 1. The molecule has 1 amide bonds. The van der Waals surface area contributed by atoms with Gasteiger partial charge in [-0.25, -0.2) is 12.7 Å². The molecule has 0 saturated heterocycles. The highest BCUT2D eigenvalue weighted by Gasteiger charge is 2.42. The van der Waals surface area contributed by atoms with Crippen molar-refractivity contribution < 1.29 is 22.7 Å². The third-order valence-electron chi connectivity index (χ3n) is 2.47. The number of nitrogens with zero attached hydrogens (tertiary/aromatic N) is 1. The number of fused-ring (bicyclic) bond motifs is 1. The fourth-order valence-corrected chi connectivity index (χ4v) is 3.36. The Bertz CT molecular complexity index is 640. The maximum absolute atomic E-state index is 12.0. The summed E-state index contributed by atoms with van der Waals surface area (Å²) in [6, 6.07) is 3.91. The molecule has 0 unspecified atom stereocenters. The van der Waals surface area contributed by atoms with Crippen LogP contribution in [-0.2, 0) is 19.6 Å². The lowest BCUT2D eigenvalue weighted by atomic mass is 10.2. The van der Waals surface area contributed by atoms with Crippen LogP contribution >= 0.6 is 11.6 Å². The van der Waals surface area contributed by atoms with Crippen molar-refractivity contribution in [2.24, 2.45) is 0 Å². The maximum atomic E-state index is 12.0. The highest BCUT2D eigenvalue weighted by atomic mass is 35.5. The summed E-state index contributed by atoms with van der Waals surface area (Å²) in [5.41, 5.74) is 0.00306. The molecular weight excluding hydrogens is 282 g/mol. The Labute approximate surface area is 108 Å². The largest absolute Gasteiger partial charge is 0.468 e. The highest BCUT2D eigenvalue weighted by Crippen LogP contribution is 2.31. The van der Waals surface area contributed by atoms with Gasteiger partial charge in [0.1, 0.15) is 11.4 Å². The number of carbonyl (C=O) groups excluding carboxylic acids is 2. The molecule has 0 aliphatic carbocycles. The van der Waals surface area contributed by atoms with E-state index in [0.717, 1.165) is 7.11 Å². The van der Waals surface area contributed by atoms with Gasteiger partial charge in [-0.3, -0.25) is 9.59 Å². The molecule has 1 aliphatic rings. The molecule has 8 heteroatoms. The molecule has 2 rings (SSSR count). The van der Waals surface area contributed by atoms with Gasteiger partial charge in [0.05, 0.1) is 12.7 Å². The van der Waals surface area contributed by atoms with E-state index in [2.05, 4.69) is 4.74 Å². The number of hydrogen-bond donors (Lipinski definition) is 0. The number of halogens is 1. The smallest absolute Gasteiger partial charge is 0.326 e. The zero-order valence-corrected chi connectivity index (χ0v) is 10.8. The van der Waals surface area contributed by atoms with Crippen LogP contribution in [0.15, 0.2) is 23.1 Å². The van der Waals surface area contributed by atoms with Gasteiger partial charge in [0, 0.05) is 5.02 Å². The first-order chi connectivity index (χ1) is 8.37. The van der Waals surface area contributed by atoms with Crippen LogP contribution in [0.3, 0.4) is 0 Å². The Hall–Kier alpha value is -1.60. The van der Waals surface area contributed by atoms with E-state index in [-0.39, 0.29) is 15.5 Å². The van der Waals surface area contributed by atoms with E-state index < -0.39 is 28.4 Å². The predicted molar refractivity (Wildman–Crippen MR) is 61.7 cm³/mol. The van der Waals surface area contributed by atoms with Gasteiger partial charge in [0.2, 0.25) is 0 Å². The van der Waals surface area contributed by atoms with Crippen LogP contribution in [0.2, 0.25) is 5.02 Å². The van der Waals surface area contributed by atoms with E-state index in [1.54, 1.807) is 0 Å². The minimum absolute atomic E-state index is 0.00306. The number of esters is 1. The number of hydrogen-bond acceptors (Lipinski definition) is 5. The summed E-state index contributed by atoms with van der Waals surface area (Å²) in [6.07, 6.45) is 0. The second kappa shape index (κ2) is 4.25. The number of rotatable bonds is 2. The Kier molecular flexibility index (Phi) is 3.04. The fourth-order valence-electron chi connectivity index (χ4n) is 1.59. The first-order valence-electron chi connectivity index (χ1n) is 4.81. The molecule has 96 valence electrons. The average molecular weight is 290 g/mol. The molecule has 0 aromatic heterocycles. The SMILES string of the molecule is COC(=O)CN1C(=O)c2ccc(Cl)cc2S1(=O)=O. The number of sulfonamides is 1. The van der Waals surface area contributed by atoms with Crippen LogP contribution in [0.1, 0.15) is 10.4 Å². The third kappa shape index (κ3) is 1.85. The van der Waals surface area contributed by atoms with Crippen molar-refractivity contribution in [3.05, 3.63) is 28.8 Å². The lowest BCUT2D eigenvalue weighted by Crippen LogP contribution is -2.35. The van der Waals surface area contributed by atoms with Gasteiger partial charge < -0.3 is 4.74 Å². The molecule has 18 heavy (non-hydrogen) atoms. The van der Waals surface area contributed by atoms with Gasteiger partial charge in [-0.2, -0.15) is 0 Å². The van der Waals surface area contributed by atoms with Crippen molar-refractivity contribution in [1.82, 2.24) is 4.31 Å². The molecule has 6 nitrogen and oxygen atoms in total. The van der Waals surface area contributed by atoms with Crippen LogP contribution in [0.5, 0.6) is 0 Å². The van der Waals surface area contributed by atoms with Crippen LogP contribution in [0, 0.1) is 0 Å². The lowest BCUT2D eigenvalue weighted by molar-refractivity contribution is -0.140. The topological polar surface area (TPSA) is 80.8 Å². The monoisotopic (exact) mass is 289 g/mol. The predicted octanol–water partition coefficient (Wildman–Crippen LogP) is 0.657. The van der Waals surface area contributed by atoms with E-state index in [0.29, 0.717) is 4.31 Å². The minimum atomic E-state index is -4.02. The van der Waals surface area contributed by atoms with Gasteiger partial charge in [-0.15, -0.1) is 0 Å². The van der Waals surface area contributed by atoms with Crippen LogP contribution in [0.4, 0.5) is 0 Å². The molecule has 0 bridgehead atoms. The van der Waals surface area contributed by atoms with E-state index >= 15 is 0 Å². The Balaban J connectivity index is 2.51. The first-order valence-corrected chi connectivity index (χ1v) is 6.63. The molecule has 1 aliphatic heterocycles. The normalized spacial score (nSPS) is 16.6. The molecular formula is C10H8ClNO5S. The van der Waals surface area contributed by atoms with E-state index in [9.17, 15) is 18.0 Å². The number of ether oxygens (including phenoxy) is 1. The van der Waals surface area contributed by atoms with Crippen LogP contribution in [0.25, 0.3) is 0 Å². The van der Waals surface area contributed by atoms with Crippen molar-refractivity contribution in [2.45, 2.75) is 4.90 Å². The standard InChI is InChI=1S/C10H8ClNO5S/c1-17-9(13)5-12-10(14)7-3-2-6(11)4-8(7)18(12,15)16/h2-4H,5H2,1H3. The van der Waals surface area contributed by atoms with Crippen LogP contribution in [-0.4, -0.2) is 38.3 Å². The van der Waals surface area contributed by atoms with E-state index in [1.807, 2.05) is 0 Å². The minimum Gasteiger partial charge on any atom is -0.468 e. The first kappa shape index (κ1) is 12.8. The van der Waals surface area contributed by atoms with Gasteiger partial charge >= 0.3 is 5.97 Å². The molecule has 0 saturated carbocycles. The van der Waals surface area contributed by atoms with Gasteiger partial charge in [0.15, 0.2) is 0 Å².